The van der Waals surface area contributed by atoms with E-state index in [1.165, 1.54) is 64.2 Å². The minimum Gasteiger partial charge on any atom is -0.465 e. The molecular weight excluding hydrogens is 536 g/mol. The monoisotopic (exact) mass is 582 g/mol. The largest absolute Gasteiger partial charge is 0.465 e. The number of unbranched alkanes of at least 4 members (excludes halogenated alkanes) is 13. The Hall–Kier alpha value is -3.03. The third-order valence-corrected chi connectivity index (χ3v) is 9.15. The normalized spacial score (nSPS) is 24.8. The number of rotatable bonds is 17. The van der Waals surface area contributed by atoms with Crippen molar-refractivity contribution in [1.29, 1.82) is 0 Å². The van der Waals surface area contributed by atoms with Crippen LogP contribution in [0.4, 0.5) is 0 Å². The Labute approximate surface area is 249 Å². The first-order valence-corrected chi connectivity index (χ1v) is 16.1. The Morgan fingerprint density at radius 1 is 0.738 bits per heavy atom. The Kier molecular flexibility index (Phi) is 11.7. The van der Waals surface area contributed by atoms with Gasteiger partial charge >= 0.3 is 29.8 Å². The standard InChI is InChI=1S/C34H46O8/c1-3-4-5-6-7-8-9-10-11-12-13-14-15-16-19-40-32(37)29-27(25-21-26(35)41-31(25)36)23-18-17-22(2)20-24(23)28-30(29)34(39)42-33(28)38/h17-18,20,25,27-30H,3-16,19,21H2,1-2H3. The Morgan fingerprint density at radius 3 is 1.90 bits per heavy atom. The second-order valence-corrected chi connectivity index (χ2v) is 12.3. The van der Waals surface area contributed by atoms with Crippen molar-refractivity contribution in [2.24, 2.45) is 17.8 Å². The number of carbonyl (C=O) groups is 5. The van der Waals surface area contributed by atoms with Crippen LogP contribution in [0.5, 0.6) is 0 Å². The number of benzene rings is 1. The van der Waals surface area contributed by atoms with Crippen molar-refractivity contribution < 1.29 is 38.2 Å². The molecule has 0 radical (unpaired) electrons. The van der Waals surface area contributed by atoms with Crippen LogP contribution in [0.1, 0.15) is 132 Å². The number of fused-ring (bicyclic) bond motifs is 3. The van der Waals surface area contributed by atoms with E-state index < -0.39 is 59.4 Å². The van der Waals surface area contributed by atoms with Crippen LogP contribution >= 0.6 is 0 Å². The summed E-state index contributed by atoms with van der Waals surface area (Å²) in [6, 6.07) is 5.39. The fourth-order valence-corrected chi connectivity index (χ4v) is 6.96. The molecule has 5 unspecified atom stereocenters. The molecule has 0 aromatic heterocycles. The van der Waals surface area contributed by atoms with Crippen LogP contribution in [0.3, 0.4) is 0 Å². The second-order valence-electron chi connectivity index (χ2n) is 12.3. The van der Waals surface area contributed by atoms with Crippen molar-refractivity contribution in [3.63, 3.8) is 0 Å². The van der Waals surface area contributed by atoms with E-state index in [0.717, 1.165) is 24.8 Å². The van der Waals surface area contributed by atoms with Gasteiger partial charge in [-0.3, -0.25) is 24.0 Å². The lowest BCUT2D eigenvalue weighted by Crippen LogP contribution is -2.44. The van der Waals surface area contributed by atoms with Gasteiger partial charge in [-0.1, -0.05) is 114 Å². The number of ether oxygens (including phenoxy) is 3. The molecular formula is C34H46O8. The summed E-state index contributed by atoms with van der Waals surface area (Å²) in [5, 5.41) is 0. The quantitative estimate of drug-likeness (QED) is 0.0873. The SMILES string of the molecule is CCCCCCCCCCCCCCCCOC(=O)C1C2C(=O)OC(=O)C2c2cc(C)ccc2C1C1CC(=O)OC1=O. The molecule has 0 bridgehead atoms. The summed E-state index contributed by atoms with van der Waals surface area (Å²) in [6.07, 6.45) is 16.8. The lowest BCUT2D eigenvalue weighted by Gasteiger charge is -2.38. The van der Waals surface area contributed by atoms with Crippen LogP contribution in [0.25, 0.3) is 0 Å². The summed E-state index contributed by atoms with van der Waals surface area (Å²) in [5.41, 5.74) is 2.01. The molecule has 2 aliphatic heterocycles. The molecule has 8 heteroatoms. The predicted molar refractivity (Wildman–Crippen MR) is 155 cm³/mol. The summed E-state index contributed by atoms with van der Waals surface area (Å²) < 4.78 is 15.5. The van der Waals surface area contributed by atoms with Crippen LogP contribution in [0.2, 0.25) is 0 Å². The first kappa shape index (κ1) is 31.9. The third kappa shape index (κ3) is 7.67. The number of hydrogen-bond acceptors (Lipinski definition) is 8. The highest BCUT2D eigenvalue weighted by Gasteiger charge is 2.61. The van der Waals surface area contributed by atoms with Gasteiger partial charge in [-0.25, -0.2) is 0 Å². The number of aryl methyl sites for hydroxylation is 1. The summed E-state index contributed by atoms with van der Waals surface area (Å²) in [7, 11) is 0. The van der Waals surface area contributed by atoms with E-state index in [-0.39, 0.29) is 13.0 Å². The Balaban J connectivity index is 1.29. The Bertz CT molecular complexity index is 1140. The van der Waals surface area contributed by atoms with Gasteiger partial charge in [0.05, 0.1) is 36.7 Å². The topological polar surface area (TPSA) is 113 Å². The molecule has 2 heterocycles. The highest BCUT2D eigenvalue weighted by atomic mass is 16.6. The van der Waals surface area contributed by atoms with Crippen molar-refractivity contribution in [1.82, 2.24) is 0 Å². The van der Waals surface area contributed by atoms with Crippen LogP contribution < -0.4 is 0 Å². The van der Waals surface area contributed by atoms with Crippen LogP contribution in [0.15, 0.2) is 18.2 Å². The maximum atomic E-state index is 13.6. The van der Waals surface area contributed by atoms with Gasteiger partial charge in [0, 0.05) is 5.92 Å². The number of cyclic esters (lactones) is 4. The molecule has 5 atom stereocenters. The van der Waals surface area contributed by atoms with E-state index in [4.69, 9.17) is 14.2 Å². The molecule has 0 N–H and O–H groups in total. The van der Waals surface area contributed by atoms with Crippen molar-refractivity contribution >= 4 is 29.8 Å². The molecule has 0 amide bonds. The lowest BCUT2D eigenvalue weighted by molar-refractivity contribution is -0.161. The van der Waals surface area contributed by atoms with E-state index in [1.54, 1.807) is 12.1 Å². The smallest absolute Gasteiger partial charge is 0.321 e. The summed E-state index contributed by atoms with van der Waals surface area (Å²) in [4.78, 5) is 64.0. The molecule has 3 aliphatic rings. The van der Waals surface area contributed by atoms with Crippen molar-refractivity contribution in [2.45, 2.75) is 122 Å². The van der Waals surface area contributed by atoms with E-state index in [1.807, 2.05) is 13.0 Å². The van der Waals surface area contributed by atoms with Gasteiger partial charge in [-0.15, -0.1) is 0 Å². The molecule has 0 spiro atoms. The molecule has 2 saturated heterocycles. The summed E-state index contributed by atoms with van der Waals surface area (Å²) in [5.74, 6) is -8.49. The van der Waals surface area contributed by atoms with Crippen molar-refractivity contribution in [3.8, 4) is 0 Å². The number of esters is 5. The zero-order chi connectivity index (χ0) is 30.1. The van der Waals surface area contributed by atoms with Crippen LogP contribution in [-0.4, -0.2) is 36.5 Å². The molecule has 42 heavy (non-hydrogen) atoms. The number of carbonyl (C=O) groups excluding carboxylic acids is 5. The van der Waals surface area contributed by atoms with E-state index in [9.17, 15) is 24.0 Å². The van der Waals surface area contributed by atoms with Gasteiger partial charge in [0.25, 0.3) is 0 Å². The zero-order valence-corrected chi connectivity index (χ0v) is 25.2. The number of hydrogen-bond donors (Lipinski definition) is 0. The highest BCUT2D eigenvalue weighted by Crippen LogP contribution is 2.54. The van der Waals surface area contributed by atoms with Gasteiger partial charge in [0.1, 0.15) is 0 Å². The fraction of sp³-hybridized carbons (Fsp3) is 0.676. The van der Waals surface area contributed by atoms with Crippen LogP contribution in [-0.2, 0) is 38.2 Å². The van der Waals surface area contributed by atoms with E-state index in [2.05, 4.69) is 6.92 Å². The fourth-order valence-electron chi connectivity index (χ4n) is 6.96. The van der Waals surface area contributed by atoms with Gasteiger partial charge in [-0.2, -0.15) is 0 Å². The van der Waals surface area contributed by atoms with Gasteiger partial charge < -0.3 is 14.2 Å². The molecule has 1 aromatic rings. The first-order valence-electron chi connectivity index (χ1n) is 16.1. The first-order chi connectivity index (χ1) is 20.3. The average Bonchev–Trinajstić information content (AvgIpc) is 3.45. The third-order valence-electron chi connectivity index (χ3n) is 9.15. The lowest BCUT2D eigenvalue weighted by atomic mass is 9.60. The van der Waals surface area contributed by atoms with Gasteiger partial charge in [-0.05, 0) is 24.5 Å². The zero-order valence-electron chi connectivity index (χ0n) is 25.2. The van der Waals surface area contributed by atoms with Crippen LogP contribution in [0, 0.1) is 24.7 Å². The van der Waals surface area contributed by atoms with E-state index in [0.29, 0.717) is 17.5 Å². The summed E-state index contributed by atoms with van der Waals surface area (Å²) in [6.45, 7) is 4.29. The molecule has 4 rings (SSSR count). The molecule has 1 aromatic carbocycles. The molecule has 8 nitrogen and oxygen atoms in total. The molecule has 0 saturated carbocycles. The predicted octanol–water partition coefficient (Wildman–Crippen LogP) is 6.61. The van der Waals surface area contributed by atoms with E-state index >= 15 is 0 Å². The minimum atomic E-state index is -1.13. The average molecular weight is 583 g/mol. The van der Waals surface area contributed by atoms with Gasteiger partial charge in [0.2, 0.25) is 0 Å². The Morgan fingerprint density at radius 2 is 1.33 bits per heavy atom. The van der Waals surface area contributed by atoms with Crippen molar-refractivity contribution in [3.05, 3.63) is 34.9 Å². The summed E-state index contributed by atoms with van der Waals surface area (Å²) >= 11 is 0. The maximum absolute atomic E-state index is 13.6. The minimum absolute atomic E-state index is 0.190. The molecule has 2 fully saturated rings. The molecule has 1 aliphatic carbocycles. The molecule has 230 valence electrons. The second kappa shape index (κ2) is 15.4. The highest BCUT2D eigenvalue weighted by molar-refractivity contribution is 6.03. The maximum Gasteiger partial charge on any atom is 0.321 e. The van der Waals surface area contributed by atoms with Crippen molar-refractivity contribution in [2.75, 3.05) is 6.61 Å². The van der Waals surface area contributed by atoms with Gasteiger partial charge in [0.15, 0.2) is 0 Å².